The number of unbranched alkanes of at least 4 members (excludes halogenated alkanes) is 1. The Labute approximate surface area is 178 Å². The minimum atomic E-state index is -1.63. The summed E-state index contributed by atoms with van der Waals surface area (Å²) >= 11 is 3.91. The van der Waals surface area contributed by atoms with E-state index in [4.69, 9.17) is 22.3 Å². The van der Waals surface area contributed by atoms with E-state index in [1.807, 2.05) is 5.32 Å². The topological polar surface area (TPSA) is 240 Å². The SMILES string of the molecule is NCCCCC(NC(=O)C(N)CS)C(=O)NC(CO)C(=O)NC(CC(N)=O)C(=O)O. The van der Waals surface area contributed by atoms with E-state index in [-0.39, 0.29) is 12.2 Å². The van der Waals surface area contributed by atoms with Gasteiger partial charge in [-0.1, -0.05) is 0 Å². The summed E-state index contributed by atoms with van der Waals surface area (Å²) in [6, 6.07) is -5.19. The van der Waals surface area contributed by atoms with Gasteiger partial charge in [-0.3, -0.25) is 19.2 Å². The van der Waals surface area contributed by atoms with Crippen LogP contribution in [0.2, 0.25) is 0 Å². The average Bonchev–Trinajstić information content (AvgIpc) is 2.69. The van der Waals surface area contributed by atoms with Gasteiger partial charge < -0.3 is 43.4 Å². The van der Waals surface area contributed by atoms with Crippen LogP contribution in [0.3, 0.4) is 0 Å². The van der Waals surface area contributed by atoms with Gasteiger partial charge in [0.15, 0.2) is 0 Å². The van der Waals surface area contributed by atoms with Gasteiger partial charge in [0.1, 0.15) is 18.1 Å². The van der Waals surface area contributed by atoms with Crippen molar-refractivity contribution in [1.82, 2.24) is 16.0 Å². The molecule has 0 saturated heterocycles. The summed E-state index contributed by atoms with van der Waals surface area (Å²) in [6.07, 6.45) is 0.579. The van der Waals surface area contributed by atoms with Gasteiger partial charge in [0, 0.05) is 5.75 Å². The molecule has 14 heteroatoms. The van der Waals surface area contributed by atoms with Crippen molar-refractivity contribution >= 4 is 42.2 Å². The monoisotopic (exact) mass is 450 g/mol. The number of hydrogen-bond acceptors (Lipinski definition) is 9. The predicted molar refractivity (Wildman–Crippen MR) is 109 cm³/mol. The highest BCUT2D eigenvalue weighted by Crippen LogP contribution is 2.03. The summed E-state index contributed by atoms with van der Waals surface area (Å²) in [5.41, 5.74) is 15.9. The van der Waals surface area contributed by atoms with Crippen molar-refractivity contribution in [3.8, 4) is 0 Å². The van der Waals surface area contributed by atoms with Crippen LogP contribution < -0.4 is 33.2 Å². The quantitative estimate of drug-likeness (QED) is 0.0866. The summed E-state index contributed by atoms with van der Waals surface area (Å²) in [7, 11) is 0. The lowest BCUT2D eigenvalue weighted by atomic mass is 10.1. The lowest BCUT2D eigenvalue weighted by Crippen LogP contribution is -2.58. The Morgan fingerprint density at radius 3 is 1.90 bits per heavy atom. The van der Waals surface area contributed by atoms with Crippen molar-refractivity contribution in [3.63, 3.8) is 0 Å². The predicted octanol–water partition coefficient (Wildman–Crippen LogP) is -4.22. The summed E-state index contributed by atoms with van der Waals surface area (Å²) in [5.74, 6) is -4.90. The van der Waals surface area contributed by atoms with E-state index in [9.17, 15) is 29.1 Å². The number of aliphatic hydroxyl groups excluding tert-OH is 1. The van der Waals surface area contributed by atoms with E-state index in [1.165, 1.54) is 0 Å². The highest BCUT2D eigenvalue weighted by atomic mass is 32.1. The van der Waals surface area contributed by atoms with Crippen molar-refractivity contribution in [3.05, 3.63) is 0 Å². The molecule has 0 aliphatic heterocycles. The lowest BCUT2D eigenvalue weighted by Gasteiger charge is -2.24. The molecule has 13 nitrogen and oxygen atoms in total. The zero-order chi connectivity index (χ0) is 23.3. The summed E-state index contributed by atoms with van der Waals surface area (Å²) in [6.45, 7) is -0.489. The van der Waals surface area contributed by atoms with E-state index in [0.29, 0.717) is 19.4 Å². The second-order valence-corrected chi connectivity index (χ2v) is 6.81. The highest BCUT2D eigenvalue weighted by molar-refractivity contribution is 7.80. The molecular weight excluding hydrogens is 420 g/mol. The second kappa shape index (κ2) is 14.5. The number of primary amides is 1. The number of carbonyl (C=O) groups is 5. The molecule has 0 aliphatic rings. The normalized spacial score (nSPS) is 14.7. The summed E-state index contributed by atoms with van der Waals surface area (Å²) < 4.78 is 0. The van der Waals surface area contributed by atoms with Crippen LogP contribution in [0, 0.1) is 0 Å². The van der Waals surface area contributed by atoms with Gasteiger partial charge in [0.2, 0.25) is 23.6 Å². The second-order valence-electron chi connectivity index (χ2n) is 6.45. The number of rotatable bonds is 15. The Kier molecular flexibility index (Phi) is 13.4. The van der Waals surface area contributed by atoms with Gasteiger partial charge in [0.25, 0.3) is 0 Å². The van der Waals surface area contributed by atoms with Gasteiger partial charge in [-0.2, -0.15) is 12.6 Å². The first-order valence-electron chi connectivity index (χ1n) is 9.16. The molecule has 0 aromatic rings. The van der Waals surface area contributed by atoms with Gasteiger partial charge in [-0.15, -0.1) is 0 Å². The van der Waals surface area contributed by atoms with Crippen LogP contribution in [-0.2, 0) is 24.0 Å². The molecule has 0 fully saturated rings. The Bertz CT molecular complexity index is 621. The number of amides is 4. The average molecular weight is 451 g/mol. The molecule has 30 heavy (non-hydrogen) atoms. The van der Waals surface area contributed by atoms with E-state index in [1.54, 1.807) is 0 Å². The first-order chi connectivity index (χ1) is 14.1. The molecule has 0 rings (SSSR count). The van der Waals surface area contributed by atoms with Crippen LogP contribution in [0.15, 0.2) is 0 Å². The Morgan fingerprint density at radius 2 is 1.43 bits per heavy atom. The lowest BCUT2D eigenvalue weighted by molar-refractivity contribution is -0.144. The minimum Gasteiger partial charge on any atom is -0.480 e. The third-order valence-corrected chi connectivity index (χ3v) is 4.34. The molecule has 0 spiro atoms. The number of nitrogens with one attached hydrogen (secondary N) is 3. The minimum absolute atomic E-state index is 0.0427. The third kappa shape index (κ3) is 10.4. The highest BCUT2D eigenvalue weighted by Gasteiger charge is 2.30. The smallest absolute Gasteiger partial charge is 0.326 e. The fourth-order valence-corrected chi connectivity index (χ4v) is 2.43. The van der Waals surface area contributed by atoms with Crippen LogP contribution in [0.5, 0.6) is 0 Å². The molecule has 4 amide bonds. The number of nitrogens with two attached hydrogens (primary N) is 3. The molecule has 0 aromatic heterocycles. The molecule has 0 aliphatic carbocycles. The van der Waals surface area contributed by atoms with Crippen LogP contribution in [0.4, 0.5) is 0 Å². The number of carbonyl (C=O) groups excluding carboxylic acids is 4. The Balaban J connectivity index is 5.19. The number of carboxylic acid groups (broad SMARTS) is 1. The standard InChI is InChI=1S/C16H30N6O7S/c17-4-2-1-3-9(20-13(25)8(18)7-30)14(26)22-11(6-23)15(27)21-10(16(28)29)5-12(19)24/h8-11,23,30H,1-7,17-18H2,(H2,19,24)(H,20,25)(H,21,27)(H,22,26)(H,28,29). The number of aliphatic carboxylic acids is 1. The maximum atomic E-state index is 12.6. The Hall–Kier alpha value is -2.42. The van der Waals surface area contributed by atoms with Crippen molar-refractivity contribution in [2.24, 2.45) is 17.2 Å². The largest absolute Gasteiger partial charge is 0.480 e. The van der Waals surface area contributed by atoms with Crippen molar-refractivity contribution in [2.45, 2.75) is 49.9 Å². The van der Waals surface area contributed by atoms with Crippen molar-refractivity contribution < 1.29 is 34.2 Å². The molecule has 4 unspecified atom stereocenters. The van der Waals surface area contributed by atoms with Gasteiger partial charge in [-0.05, 0) is 25.8 Å². The number of aliphatic hydroxyl groups is 1. The molecule has 11 N–H and O–H groups in total. The van der Waals surface area contributed by atoms with Crippen molar-refractivity contribution in [2.75, 3.05) is 18.9 Å². The first-order valence-corrected chi connectivity index (χ1v) is 9.80. The summed E-state index contributed by atoms with van der Waals surface area (Å²) in [5, 5.41) is 25.2. The van der Waals surface area contributed by atoms with E-state index < -0.39 is 66.8 Å². The molecule has 4 atom stereocenters. The van der Waals surface area contributed by atoms with Gasteiger partial charge >= 0.3 is 5.97 Å². The molecule has 0 aromatic carbocycles. The molecule has 0 saturated carbocycles. The van der Waals surface area contributed by atoms with Gasteiger partial charge in [0.05, 0.1) is 19.1 Å². The zero-order valence-corrected chi connectivity index (χ0v) is 17.3. The molecule has 172 valence electrons. The first kappa shape index (κ1) is 27.6. The van der Waals surface area contributed by atoms with E-state index in [2.05, 4.69) is 23.3 Å². The number of hydrogen-bond donors (Lipinski definition) is 9. The maximum Gasteiger partial charge on any atom is 0.326 e. The Morgan fingerprint density at radius 1 is 0.900 bits per heavy atom. The van der Waals surface area contributed by atoms with E-state index in [0.717, 1.165) is 0 Å². The number of thiol groups is 1. The van der Waals surface area contributed by atoms with Crippen LogP contribution in [0.1, 0.15) is 25.7 Å². The third-order valence-electron chi connectivity index (χ3n) is 3.95. The molecule has 0 bridgehead atoms. The number of carboxylic acids is 1. The molecule has 0 radical (unpaired) electrons. The molecule has 0 heterocycles. The fourth-order valence-electron chi connectivity index (χ4n) is 2.26. The zero-order valence-electron chi connectivity index (χ0n) is 16.4. The van der Waals surface area contributed by atoms with Crippen LogP contribution >= 0.6 is 12.6 Å². The van der Waals surface area contributed by atoms with Gasteiger partial charge in [-0.25, -0.2) is 4.79 Å². The maximum absolute atomic E-state index is 12.6. The van der Waals surface area contributed by atoms with Crippen LogP contribution in [0.25, 0.3) is 0 Å². The van der Waals surface area contributed by atoms with E-state index >= 15 is 0 Å². The summed E-state index contributed by atoms with van der Waals surface area (Å²) in [4.78, 5) is 58.9. The molecular formula is C16H30N6O7S. The fraction of sp³-hybridized carbons (Fsp3) is 0.688. The van der Waals surface area contributed by atoms with Crippen LogP contribution in [-0.4, -0.2) is 82.9 Å². The van der Waals surface area contributed by atoms with Crippen molar-refractivity contribution in [1.29, 1.82) is 0 Å².